The lowest BCUT2D eigenvalue weighted by Gasteiger charge is -2.57. The summed E-state index contributed by atoms with van der Waals surface area (Å²) in [6, 6.07) is 12.6. The van der Waals surface area contributed by atoms with Crippen molar-refractivity contribution in [3.05, 3.63) is 0 Å². The molecule has 2 nitrogen and oxygen atoms in total. The Hall–Kier alpha value is 1.58. The van der Waals surface area contributed by atoms with Gasteiger partial charge in [-0.3, -0.25) is 0 Å². The van der Waals surface area contributed by atoms with Crippen molar-refractivity contribution >= 4 is 62.7 Å². The number of rotatable bonds is 18. The Morgan fingerprint density at radius 1 is 0.719 bits per heavy atom. The Labute approximate surface area is 218 Å². The first kappa shape index (κ1) is 33.6. The average molecular weight is 574 g/mol. The summed E-state index contributed by atoms with van der Waals surface area (Å²) >= 11 is 12.2. The SMILES string of the molecule is CCC(C[Si](C)(C)O[Si](C)(C)CCC[Si](Cl)Cl)N([Si](CC)(CC)CC)[Si](CC)(CC)CC. The molecule has 0 saturated heterocycles. The molecular weight excluding hydrogens is 518 g/mol. The molecule has 0 bridgehead atoms. The highest BCUT2D eigenvalue weighted by Gasteiger charge is 2.50. The van der Waals surface area contributed by atoms with Crippen LogP contribution in [0.2, 0.25) is 80.6 Å². The van der Waals surface area contributed by atoms with Gasteiger partial charge < -0.3 is 8.35 Å². The molecule has 0 aromatic heterocycles. The van der Waals surface area contributed by atoms with Crippen LogP contribution in [0.3, 0.4) is 0 Å². The van der Waals surface area contributed by atoms with Gasteiger partial charge in [0.05, 0.1) is 0 Å². The van der Waals surface area contributed by atoms with E-state index < -0.39 is 40.5 Å². The summed E-state index contributed by atoms with van der Waals surface area (Å²) in [7, 11) is -7.59. The molecule has 0 aromatic carbocycles. The Bertz CT molecular complexity index is 478. The highest BCUT2D eigenvalue weighted by molar-refractivity contribution is 7.33. The summed E-state index contributed by atoms with van der Waals surface area (Å²) in [5, 5.41) is 0. The summed E-state index contributed by atoms with van der Waals surface area (Å²) < 4.78 is 10.4. The standard InChI is InChI=1S/C23H56Cl2NOSi5/c1-12-23(22-30(10,11)27-29(8,9)21-19-20-28(24)25)26(31(13-2,14-3)15-4)32(16-5,17-6)18-7/h23H,12-22H2,1-11H3. The van der Waals surface area contributed by atoms with Gasteiger partial charge in [-0.25, -0.2) is 0 Å². The first-order valence-electron chi connectivity index (χ1n) is 13.4. The number of halogens is 2. The van der Waals surface area contributed by atoms with Gasteiger partial charge in [0.25, 0.3) is 7.42 Å². The minimum Gasteiger partial charge on any atom is -0.455 e. The molecule has 1 unspecified atom stereocenters. The second-order valence-electron chi connectivity index (χ2n) is 11.0. The Morgan fingerprint density at radius 2 is 1.12 bits per heavy atom. The van der Waals surface area contributed by atoms with Crippen molar-refractivity contribution in [3.63, 3.8) is 0 Å². The van der Waals surface area contributed by atoms with Crippen molar-refractivity contribution in [2.75, 3.05) is 0 Å². The molecule has 0 N–H and O–H groups in total. The van der Waals surface area contributed by atoms with Crippen LogP contribution in [0.4, 0.5) is 0 Å². The molecule has 0 aliphatic carbocycles. The third-order valence-electron chi connectivity index (χ3n) is 8.23. The molecule has 0 spiro atoms. The molecule has 0 aromatic rings. The van der Waals surface area contributed by atoms with E-state index in [-0.39, 0.29) is 0 Å². The molecule has 1 radical (unpaired) electrons. The summed E-state index contributed by atoms with van der Waals surface area (Å²) in [6.45, 7) is 27.3. The van der Waals surface area contributed by atoms with Crippen LogP contribution < -0.4 is 0 Å². The number of hydrogen-bond donors (Lipinski definition) is 0. The molecule has 0 heterocycles. The number of nitrogens with zero attached hydrogens (tertiary/aromatic N) is 1. The molecule has 32 heavy (non-hydrogen) atoms. The topological polar surface area (TPSA) is 12.5 Å². The highest BCUT2D eigenvalue weighted by Crippen LogP contribution is 2.41. The van der Waals surface area contributed by atoms with E-state index in [0.717, 1.165) is 12.5 Å². The lowest BCUT2D eigenvalue weighted by Crippen LogP contribution is -2.70. The fourth-order valence-corrected chi connectivity index (χ4v) is 31.6. The molecule has 0 amide bonds. The van der Waals surface area contributed by atoms with Crippen molar-refractivity contribution in [1.82, 2.24) is 4.23 Å². The van der Waals surface area contributed by atoms with Gasteiger partial charge in [-0.05, 0) is 93.0 Å². The van der Waals surface area contributed by atoms with Gasteiger partial charge in [0.1, 0.15) is 16.5 Å². The maximum Gasteiger partial charge on any atom is 0.273 e. The monoisotopic (exact) mass is 572 g/mol. The van der Waals surface area contributed by atoms with E-state index in [1.165, 1.54) is 54.8 Å². The Morgan fingerprint density at radius 3 is 1.44 bits per heavy atom. The van der Waals surface area contributed by atoms with Gasteiger partial charge in [-0.1, -0.05) is 54.9 Å². The third kappa shape index (κ3) is 9.56. The summed E-state index contributed by atoms with van der Waals surface area (Å²) in [6.07, 6.45) is 2.40. The maximum absolute atomic E-state index is 7.12. The molecule has 1 atom stereocenters. The number of hydrogen-bond acceptors (Lipinski definition) is 2. The molecule has 0 saturated carbocycles. The van der Waals surface area contributed by atoms with Gasteiger partial charge in [0, 0.05) is 0 Å². The average Bonchev–Trinajstić information content (AvgIpc) is 2.72. The lowest BCUT2D eigenvalue weighted by atomic mass is 10.3. The predicted molar refractivity (Wildman–Crippen MR) is 163 cm³/mol. The Balaban J connectivity index is 5.98. The zero-order valence-electron chi connectivity index (χ0n) is 23.5. The summed E-state index contributed by atoms with van der Waals surface area (Å²) in [5.74, 6) is 0. The van der Waals surface area contributed by atoms with Crippen LogP contribution in [-0.4, -0.2) is 50.8 Å². The van der Waals surface area contributed by atoms with Gasteiger partial charge >= 0.3 is 0 Å². The van der Waals surface area contributed by atoms with Crippen molar-refractivity contribution in [1.29, 1.82) is 0 Å². The van der Waals surface area contributed by atoms with Crippen molar-refractivity contribution in [2.24, 2.45) is 0 Å². The van der Waals surface area contributed by atoms with E-state index in [4.69, 9.17) is 26.3 Å². The highest BCUT2D eigenvalue weighted by atomic mass is 35.7. The molecule has 0 fully saturated rings. The van der Waals surface area contributed by atoms with Gasteiger partial charge in [0.15, 0.2) is 16.6 Å². The van der Waals surface area contributed by atoms with Crippen LogP contribution in [0.1, 0.15) is 61.3 Å². The van der Waals surface area contributed by atoms with Crippen LogP contribution in [0.5, 0.6) is 0 Å². The minimum atomic E-state index is -1.79. The van der Waals surface area contributed by atoms with Crippen LogP contribution in [0.15, 0.2) is 0 Å². The van der Waals surface area contributed by atoms with Gasteiger partial charge in [-0.2, -0.15) is 0 Å². The van der Waals surface area contributed by atoms with E-state index in [2.05, 4.69) is 78.9 Å². The fraction of sp³-hybridized carbons (Fsp3) is 1.00. The molecule has 193 valence electrons. The zero-order chi connectivity index (χ0) is 25.2. The largest absolute Gasteiger partial charge is 0.455 e. The van der Waals surface area contributed by atoms with Crippen molar-refractivity contribution in [2.45, 2.75) is 148 Å². The third-order valence-corrected chi connectivity index (χ3v) is 31.0. The molecule has 0 aliphatic heterocycles. The van der Waals surface area contributed by atoms with Gasteiger partial charge in [-0.15, -0.1) is 22.2 Å². The van der Waals surface area contributed by atoms with E-state index in [1.807, 2.05) is 0 Å². The first-order valence-corrected chi connectivity index (χ1v) is 28.5. The molecule has 0 aliphatic rings. The van der Waals surface area contributed by atoms with Crippen molar-refractivity contribution in [3.8, 4) is 0 Å². The van der Waals surface area contributed by atoms with E-state index in [0.29, 0.717) is 6.04 Å². The van der Waals surface area contributed by atoms with E-state index in [1.54, 1.807) is 0 Å². The summed E-state index contributed by atoms with van der Waals surface area (Å²) in [4.78, 5) is 0. The second-order valence-corrected chi connectivity index (χ2v) is 34.8. The second kappa shape index (κ2) is 15.0. The van der Waals surface area contributed by atoms with Crippen LogP contribution in [0, 0.1) is 0 Å². The lowest BCUT2D eigenvalue weighted by molar-refractivity contribution is 0.416. The normalized spacial score (nSPS) is 15.1. The van der Waals surface area contributed by atoms with Crippen LogP contribution in [-0.2, 0) is 4.12 Å². The first-order chi connectivity index (χ1) is 14.8. The Kier molecular flexibility index (Phi) is 15.7. The van der Waals surface area contributed by atoms with E-state index in [9.17, 15) is 0 Å². The van der Waals surface area contributed by atoms with Crippen LogP contribution in [0.25, 0.3) is 0 Å². The van der Waals surface area contributed by atoms with E-state index >= 15 is 0 Å². The van der Waals surface area contributed by atoms with Crippen LogP contribution >= 0.6 is 22.2 Å². The smallest absolute Gasteiger partial charge is 0.273 e. The molecule has 9 heteroatoms. The minimum absolute atomic E-state index is 0.708. The summed E-state index contributed by atoms with van der Waals surface area (Å²) in [5.41, 5.74) is 0. The predicted octanol–water partition coefficient (Wildman–Crippen LogP) is 9.86. The molecular formula is C23H56Cl2NOSi5. The quantitative estimate of drug-likeness (QED) is 0.119. The fourth-order valence-electron chi connectivity index (χ4n) is 6.27. The van der Waals surface area contributed by atoms with Gasteiger partial charge in [0.2, 0.25) is 0 Å². The maximum atomic E-state index is 7.12. The molecule has 0 rings (SSSR count). The zero-order valence-corrected chi connectivity index (χ0v) is 30.0. The van der Waals surface area contributed by atoms with Crippen molar-refractivity contribution < 1.29 is 4.12 Å².